The third-order valence-electron chi connectivity index (χ3n) is 5.53. The zero-order valence-corrected chi connectivity index (χ0v) is 17.9. The quantitative estimate of drug-likeness (QED) is 0.569. The molecule has 1 aliphatic rings. The summed E-state index contributed by atoms with van der Waals surface area (Å²) in [6.07, 6.45) is 0.896. The van der Waals surface area contributed by atoms with Crippen molar-refractivity contribution >= 4 is 27.3 Å². The minimum atomic E-state index is -3.36. The molecule has 6 heteroatoms. The molecule has 0 aliphatic carbocycles. The second kappa shape index (κ2) is 8.62. The fourth-order valence-electron chi connectivity index (χ4n) is 3.83. The van der Waals surface area contributed by atoms with Crippen LogP contribution in [0.25, 0.3) is 11.1 Å². The van der Waals surface area contributed by atoms with Crippen LogP contribution in [-0.4, -0.2) is 37.6 Å². The molecule has 1 amide bonds. The van der Waals surface area contributed by atoms with Gasteiger partial charge in [-0.15, -0.1) is 0 Å². The van der Waals surface area contributed by atoms with Crippen molar-refractivity contribution in [3.63, 3.8) is 0 Å². The van der Waals surface area contributed by atoms with Gasteiger partial charge in [0.15, 0.2) is 9.84 Å². The van der Waals surface area contributed by atoms with Crippen molar-refractivity contribution in [2.24, 2.45) is 0 Å². The SMILES string of the molecule is O=C(c1ccc(-c2cccc(Cl)c2)cc1)N1CCC(S(=O)(=O)c2ccccc2)CC1. The minimum absolute atomic E-state index is 0.0665. The molecule has 1 heterocycles. The summed E-state index contributed by atoms with van der Waals surface area (Å²) in [5.41, 5.74) is 2.58. The van der Waals surface area contributed by atoms with Crippen molar-refractivity contribution in [3.05, 3.63) is 89.4 Å². The fourth-order valence-corrected chi connectivity index (χ4v) is 5.77. The van der Waals surface area contributed by atoms with Crippen molar-refractivity contribution < 1.29 is 13.2 Å². The molecule has 3 aromatic carbocycles. The number of sulfone groups is 1. The number of carbonyl (C=O) groups excluding carboxylic acids is 1. The standard InChI is InChI=1S/C24H22ClNO3S/c25-21-6-4-5-20(17-21)18-9-11-19(12-10-18)24(27)26-15-13-23(14-16-26)30(28,29)22-7-2-1-3-8-22/h1-12,17,23H,13-16H2. The molecule has 0 spiro atoms. The van der Waals surface area contributed by atoms with Gasteiger partial charge in [0.25, 0.3) is 5.91 Å². The first-order valence-electron chi connectivity index (χ1n) is 9.89. The number of hydrogen-bond donors (Lipinski definition) is 0. The molecule has 3 aromatic rings. The third kappa shape index (κ3) is 4.27. The lowest BCUT2D eigenvalue weighted by molar-refractivity contribution is 0.0725. The molecule has 1 fully saturated rings. The number of piperidine rings is 1. The van der Waals surface area contributed by atoms with Crippen LogP contribution in [-0.2, 0) is 9.84 Å². The summed E-state index contributed by atoms with van der Waals surface area (Å²) in [4.78, 5) is 15.0. The molecule has 0 unspecified atom stereocenters. The number of benzene rings is 3. The van der Waals surface area contributed by atoms with E-state index in [0.717, 1.165) is 11.1 Å². The Bertz CT molecular complexity index is 1140. The summed E-state index contributed by atoms with van der Waals surface area (Å²) in [6, 6.07) is 23.6. The Labute approximate surface area is 182 Å². The van der Waals surface area contributed by atoms with Crippen molar-refractivity contribution in [3.8, 4) is 11.1 Å². The van der Waals surface area contributed by atoms with E-state index in [1.807, 2.05) is 48.5 Å². The Kier molecular flexibility index (Phi) is 5.93. The van der Waals surface area contributed by atoms with E-state index in [9.17, 15) is 13.2 Å². The van der Waals surface area contributed by atoms with Gasteiger partial charge in [-0.3, -0.25) is 4.79 Å². The molecular weight excluding hydrogens is 418 g/mol. The predicted molar refractivity (Wildman–Crippen MR) is 119 cm³/mol. The van der Waals surface area contributed by atoms with Gasteiger partial charge in [0, 0.05) is 23.7 Å². The average Bonchev–Trinajstić information content (AvgIpc) is 2.79. The van der Waals surface area contributed by atoms with Crippen LogP contribution in [0.2, 0.25) is 5.02 Å². The van der Waals surface area contributed by atoms with Gasteiger partial charge in [0.05, 0.1) is 10.1 Å². The van der Waals surface area contributed by atoms with E-state index >= 15 is 0 Å². The number of amides is 1. The largest absolute Gasteiger partial charge is 0.339 e. The maximum Gasteiger partial charge on any atom is 0.253 e. The lowest BCUT2D eigenvalue weighted by atomic mass is 10.0. The van der Waals surface area contributed by atoms with E-state index < -0.39 is 15.1 Å². The highest BCUT2D eigenvalue weighted by molar-refractivity contribution is 7.92. The number of nitrogens with zero attached hydrogens (tertiary/aromatic N) is 1. The van der Waals surface area contributed by atoms with Crippen LogP contribution in [0.15, 0.2) is 83.8 Å². The van der Waals surface area contributed by atoms with Crippen LogP contribution in [0.4, 0.5) is 0 Å². The second-order valence-electron chi connectivity index (χ2n) is 7.44. The summed E-state index contributed by atoms with van der Waals surface area (Å²) >= 11 is 6.06. The van der Waals surface area contributed by atoms with Crippen LogP contribution in [0.1, 0.15) is 23.2 Å². The maximum atomic E-state index is 12.9. The molecule has 4 nitrogen and oxygen atoms in total. The third-order valence-corrected chi connectivity index (χ3v) is 8.04. The normalized spacial score (nSPS) is 15.2. The first-order chi connectivity index (χ1) is 14.4. The first kappa shape index (κ1) is 20.6. The highest BCUT2D eigenvalue weighted by atomic mass is 35.5. The molecule has 0 atom stereocenters. The van der Waals surface area contributed by atoms with Gasteiger partial charge >= 0.3 is 0 Å². The van der Waals surface area contributed by atoms with Crippen LogP contribution in [0, 0.1) is 0 Å². The Morgan fingerprint density at radius 3 is 2.13 bits per heavy atom. The number of halogens is 1. The zero-order valence-electron chi connectivity index (χ0n) is 16.4. The highest BCUT2D eigenvalue weighted by Crippen LogP contribution is 2.26. The highest BCUT2D eigenvalue weighted by Gasteiger charge is 2.32. The van der Waals surface area contributed by atoms with Crippen molar-refractivity contribution in [1.29, 1.82) is 0 Å². The minimum Gasteiger partial charge on any atom is -0.339 e. The molecule has 1 saturated heterocycles. The molecule has 154 valence electrons. The van der Waals surface area contributed by atoms with E-state index in [0.29, 0.717) is 41.4 Å². The van der Waals surface area contributed by atoms with Gasteiger partial charge in [0.2, 0.25) is 0 Å². The average molecular weight is 440 g/mol. The van der Waals surface area contributed by atoms with Gasteiger partial charge in [-0.25, -0.2) is 8.42 Å². The van der Waals surface area contributed by atoms with Gasteiger partial charge in [-0.1, -0.05) is 54.1 Å². The van der Waals surface area contributed by atoms with Gasteiger partial charge < -0.3 is 4.90 Å². The number of carbonyl (C=O) groups is 1. The lowest BCUT2D eigenvalue weighted by Crippen LogP contribution is -2.42. The Morgan fingerprint density at radius 2 is 1.50 bits per heavy atom. The van der Waals surface area contributed by atoms with E-state index in [4.69, 9.17) is 11.6 Å². The second-order valence-corrected chi connectivity index (χ2v) is 10.1. The van der Waals surface area contributed by atoms with Crippen LogP contribution < -0.4 is 0 Å². The zero-order chi connectivity index (χ0) is 21.1. The van der Waals surface area contributed by atoms with E-state index in [1.54, 1.807) is 35.2 Å². The monoisotopic (exact) mass is 439 g/mol. The smallest absolute Gasteiger partial charge is 0.253 e. The fraction of sp³-hybridized carbons (Fsp3) is 0.208. The van der Waals surface area contributed by atoms with Crippen molar-refractivity contribution in [1.82, 2.24) is 4.90 Å². The molecular formula is C24H22ClNO3S. The number of likely N-dealkylation sites (tertiary alicyclic amines) is 1. The summed E-state index contributed by atoms with van der Waals surface area (Å²) in [6.45, 7) is 0.872. The van der Waals surface area contributed by atoms with E-state index in [-0.39, 0.29) is 5.91 Å². The molecule has 30 heavy (non-hydrogen) atoms. The molecule has 0 aromatic heterocycles. The number of hydrogen-bond acceptors (Lipinski definition) is 3. The summed E-state index contributed by atoms with van der Waals surface area (Å²) in [5, 5.41) is 0.218. The van der Waals surface area contributed by atoms with Crippen LogP contribution >= 0.6 is 11.6 Å². The van der Waals surface area contributed by atoms with E-state index in [2.05, 4.69) is 0 Å². The first-order valence-corrected chi connectivity index (χ1v) is 11.8. The lowest BCUT2D eigenvalue weighted by Gasteiger charge is -2.31. The molecule has 1 aliphatic heterocycles. The summed E-state index contributed by atoms with van der Waals surface area (Å²) in [7, 11) is -3.36. The summed E-state index contributed by atoms with van der Waals surface area (Å²) in [5.74, 6) is -0.0665. The van der Waals surface area contributed by atoms with Crippen LogP contribution in [0.3, 0.4) is 0 Å². The Hall–Kier alpha value is -2.63. The molecule has 0 bridgehead atoms. The van der Waals surface area contributed by atoms with Gasteiger partial charge in [-0.2, -0.15) is 0 Å². The van der Waals surface area contributed by atoms with E-state index in [1.165, 1.54) is 0 Å². The topological polar surface area (TPSA) is 54.5 Å². The molecule has 4 rings (SSSR count). The molecule has 0 saturated carbocycles. The molecule has 0 N–H and O–H groups in total. The van der Waals surface area contributed by atoms with Gasteiger partial charge in [0.1, 0.15) is 0 Å². The molecule has 0 radical (unpaired) electrons. The predicted octanol–water partition coefficient (Wildman–Crippen LogP) is 5.09. The van der Waals surface area contributed by atoms with Crippen molar-refractivity contribution in [2.75, 3.05) is 13.1 Å². The summed E-state index contributed by atoms with van der Waals surface area (Å²) < 4.78 is 25.6. The maximum absolute atomic E-state index is 12.9. The number of rotatable bonds is 4. The Balaban J connectivity index is 1.42. The Morgan fingerprint density at radius 1 is 0.833 bits per heavy atom. The van der Waals surface area contributed by atoms with Crippen LogP contribution in [0.5, 0.6) is 0 Å². The van der Waals surface area contributed by atoms with Crippen molar-refractivity contribution in [2.45, 2.75) is 23.0 Å². The van der Waals surface area contributed by atoms with Gasteiger partial charge in [-0.05, 0) is 60.4 Å².